The van der Waals surface area contributed by atoms with E-state index in [9.17, 15) is 9.59 Å². The summed E-state index contributed by atoms with van der Waals surface area (Å²) in [6.45, 7) is 0.335. The van der Waals surface area contributed by atoms with Crippen LogP contribution in [0.5, 0.6) is 0 Å². The number of ether oxygens (including phenoxy) is 1. The van der Waals surface area contributed by atoms with Crippen LogP contribution in [-0.2, 0) is 9.53 Å². The molecule has 0 saturated carbocycles. The first-order chi connectivity index (χ1) is 8.14. The molecule has 1 saturated heterocycles. The van der Waals surface area contributed by atoms with E-state index in [0.29, 0.717) is 12.2 Å². The molecule has 1 amide bonds. The maximum atomic E-state index is 11.9. The highest BCUT2D eigenvalue weighted by Gasteiger charge is 2.44. The van der Waals surface area contributed by atoms with Crippen LogP contribution in [-0.4, -0.2) is 40.7 Å². The van der Waals surface area contributed by atoms with E-state index in [0.717, 1.165) is 0 Å². The zero-order chi connectivity index (χ0) is 12.3. The highest BCUT2D eigenvalue weighted by molar-refractivity contribution is 5.97. The second kappa shape index (κ2) is 4.50. The van der Waals surface area contributed by atoms with Crippen molar-refractivity contribution in [2.24, 2.45) is 0 Å². The van der Waals surface area contributed by atoms with Crippen molar-refractivity contribution >= 4 is 11.9 Å². The number of aliphatic carboxylic acids is 1. The minimum Gasteiger partial charge on any atom is -0.479 e. The molecular formula is C11H12N2O4. The lowest BCUT2D eigenvalue weighted by molar-refractivity contribution is -0.144. The van der Waals surface area contributed by atoms with E-state index in [1.807, 2.05) is 0 Å². The minimum absolute atomic E-state index is 0.000836. The van der Waals surface area contributed by atoms with Crippen LogP contribution in [0.3, 0.4) is 0 Å². The number of nitrogens with zero attached hydrogens (tertiary/aromatic N) is 1. The van der Waals surface area contributed by atoms with Gasteiger partial charge in [0.2, 0.25) is 0 Å². The van der Waals surface area contributed by atoms with Crippen LogP contribution < -0.4 is 5.32 Å². The van der Waals surface area contributed by atoms with Gasteiger partial charge < -0.3 is 15.2 Å². The molecule has 1 aromatic rings. The Hall–Kier alpha value is -1.95. The van der Waals surface area contributed by atoms with Crippen molar-refractivity contribution in [2.45, 2.75) is 12.0 Å². The maximum absolute atomic E-state index is 11.9. The Morgan fingerprint density at radius 2 is 2.12 bits per heavy atom. The number of aromatic nitrogens is 1. The van der Waals surface area contributed by atoms with Gasteiger partial charge in [0.1, 0.15) is 0 Å². The lowest BCUT2D eigenvalue weighted by atomic mass is 9.98. The highest BCUT2D eigenvalue weighted by Crippen LogP contribution is 2.19. The number of hydrogen-bond acceptors (Lipinski definition) is 4. The van der Waals surface area contributed by atoms with Gasteiger partial charge in [0.15, 0.2) is 5.54 Å². The van der Waals surface area contributed by atoms with Crippen molar-refractivity contribution in [1.29, 1.82) is 0 Å². The Morgan fingerprint density at radius 3 is 2.65 bits per heavy atom. The fraction of sp³-hybridized carbons (Fsp3) is 0.364. The summed E-state index contributed by atoms with van der Waals surface area (Å²) in [5, 5.41) is 11.7. The standard InChI is InChI=1S/C11H12N2O4/c14-9(8-1-4-12-5-2-8)13-11(10(15)16)3-6-17-7-11/h1-2,4-5H,3,6-7H2,(H,13,14)(H,15,16). The molecule has 1 aliphatic rings. The van der Waals surface area contributed by atoms with Crippen molar-refractivity contribution in [3.8, 4) is 0 Å². The minimum atomic E-state index is -1.31. The Labute approximate surface area is 97.6 Å². The van der Waals surface area contributed by atoms with Crippen LogP contribution in [0.25, 0.3) is 0 Å². The monoisotopic (exact) mass is 236 g/mol. The number of carboxylic acid groups (broad SMARTS) is 1. The third kappa shape index (κ3) is 2.26. The van der Waals surface area contributed by atoms with E-state index < -0.39 is 17.4 Å². The molecule has 1 unspecified atom stereocenters. The van der Waals surface area contributed by atoms with Gasteiger partial charge in [-0.05, 0) is 12.1 Å². The number of nitrogens with one attached hydrogen (secondary N) is 1. The second-order valence-corrected chi connectivity index (χ2v) is 3.88. The highest BCUT2D eigenvalue weighted by atomic mass is 16.5. The molecule has 6 heteroatoms. The fourth-order valence-corrected chi connectivity index (χ4v) is 1.68. The summed E-state index contributed by atoms with van der Waals surface area (Å²) in [6, 6.07) is 3.06. The molecule has 17 heavy (non-hydrogen) atoms. The largest absolute Gasteiger partial charge is 0.479 e. The molecule has 0 bridgehead atoms. The van der Waals surface area contributed by atoms with E-state index in [1.165, 1.54) is 24.5 Å². The van der Waals surface area contributed by atoms with Gasteiger partial charge in [0.25, 0.3) is 5.91 Å². The van der Waals surface area contributed by atoms with Gasteiger partial charge in [0.05, 0.1) is 6.61 Å². The smallest absolute Gasteiger partial charge is 0.331 e. The normalized spacial score (nSPS) is 23.3. The number of hydrogen-bond donors (Lipinski definition) is 2. The number of rotatable bonds is 3. The number of carbonyl (C=O) groups excluding carboxylic acids is 1. The molecule has 1 aliphatic heterocycles. The first-order valence-electron chi connectivity index (χ1n) is 5.18. The van der Waals surface area contributed by atoms with Gasteiger partial charge in [-0.1, -0.05) is 0 Å². The maximum Gasteiger partial charge on any atom is 0.331 e. The topological polar surface area (TPSA) is 88.5 Å². The summed E-state index contributed by atoms with van der Waals surface area (Å²) < 4.78 is 5.05. The zero-order valence-electron chi connectivity index (χ0n) is 9.05. The van der Waals surface area contributed by atoms with Crippen LogP contribution in [0.15, 0.2) is 24.5 Å². The number of pyridine rings is 1. The summed E-state index contributed by atoms with van der Waals surface area (Å²) in [4.78, 5) is 26.8. The number of amides is 1. The van der Waals surface area contributed by atoms with E-state index >= 15 is 0 Å². The lowest BCUT2D eigenvalue weighted by Gasteiger charge is -2.23. The van der Waals surface area contributed by atoms with Crippen LogP contribution in [0, 0.1) is 0 Å². The van der Waals surface area contributed by atoms with Crippen LogP contribution in [0.2, 0.25) is 0 Å². The molecule has 0 spiro atoms. The third-order valence-corrected chi connectivity index (χ3v) is 2.73. The predicted molar refractivity (Wildman–Crippen MR) is 57.5 cm³/mol. The van der Waals surface area contributed by atoms with Gasteiger partial charge >= 0.3 is 5.97 Å². The summed E-state index contributed by atoms with van der Waals surface area (Å²) >= 11 is 0. The van der Waals surface area contributed by atoms with Crippen LogP contribution in [0.1, 0.15) is 16.8 Å². The van der Waals surface area contributed by atoms with E-state index in [1.54, 1.807) is 0 Å². The molecule has 2 rings (SSSR count). The summed E-state index contributed by atoms with van der Waals surface area (Å²) in [5.41, 5.74) is -0.923. The molecule has 0 aliphatic carbocycles. The molecule has 1 fully saturated rings. The lowest BCUT2D eigenvalue weighted by Crippen LogP contribution is -2.55. The van der Waals surface area contributed by atoms with Gasteiger partial charge in [-0.3, -0.25) is 9.78 Å². The van der Waals surface area contributed by atoms with Gasteiger partial charge in [-0.15, -0.1) is 0 Å². The summed E-state index contributed by atoms with van der Waals surface area (Å²) in [6.07, 6.45) is 3.24. The Bertz CT molecular complexity index is 426. The predicted octanol–water partition coefficient (Wildman–Crippen LogP) is 0.0551. The van der Waals surface area contributed by atoms with Crippen molar-refractivity contribution in [1.82, 2.24) is 10.3 Å². The van der Waals surface area contributed by atoms with E-state index in [4.69, 9.17) is 9.84 Å². The summed E-state index contributed by atoms with van der Waals surface area (Å²) in [5.74, 6) is -1.50. The Balaban J connectivity index is 2.15. The van der Waals surface area contributed by atoms with Crippen molar-refractivity contribution < 1.29 is 19.4 Å². The number of carbonyl (C=O) groups is 2. The fourth-order valence-electron chi connectivity index (χ4n) is 1.68. The van der Waals surface area contributed by atoms with Gasteiger partial charge in [-0.2, -0.15) is 0 Å². The Kier molecular flexibility index (Phi) is 3.06. The van der Waals surface area contributed by atoms with Crippen molar-refractivity contribution in [3.05, 3.63) is 30.1 Å². The van der Waals surface area contributed by atoms with Crippen molar-refractivity contribution in [3.63, 3.8) is 0 Å². The SMILES string of the molecule is O=C(NC1(C(=O)O)CCOC1)c1ccncc1. The molecule has 2 heterocycles. The molecule has 90 valence electrons. The second-order valence-electron chi connectivity index (χ2n) is 3.88. The van der Waals surface area contributed by atoms with Crippen LogP contribution >= 0.6 is 0 Å². The quantitative estimate of drug-likeness (QED) is 0.774. The molecular weight excluding hydrogens is 224 g/mol. The molecule has 6 nitrogen and oxygen atoms in total. The molecule has 1 aromatic heterocycles. The number of carboxylic acids is 1. The average Bonchev–Trinajstić information content (AvgIpc) is 2.80. The Morgan fingerprint density at radius 1 is 1.41 bits per heavy atom. The van der Waals surface area contributed by atoms with E-state index in [2.05, 4.69) is 10.3 Å². The molecule has 1 atom stereocenters. The van der Waals surface area contributed by atoms with Crippen molar-refractivity contribution in [2.75, 3.05) is 13.2 Å². The first-order valence-corrected chi connectivity index (χ1v) is 5.18. The third-order valence-electron chi connectivity index (χ3n) is 2.73. The zero-order valence-corrected chi connectivity index (χ0v) is 9.05. The molecule has 0 aromatic carbocycles. The van der Waals surface area contributed by atoms with Crippen LogP contribution in [0.4, 0.5) is 0 Å². The summed E-state index contributed by atoms with van der Waals surface area (Å²) in [7, 11) is 0. The average molecular weight is 236 g/mol. The molecule has 2 N–H and O–H groups in total. The first kappa shape index (κ1) is 11.5. The van der Waals surface area contributed by atoms with E-state index in [-0.39, 0.29) is 13.0 Å². The van der Waals surface area contributed by atoms with Gasteiger partial charge in [0, 0.05) is 31.0 Å². The molecule has 0 radical (unpaired) electrons. The van der Waals surface area contributed by atoms with Gasteiger partial charge in [-0.25, -0.2) is 4.79 Å².